The lowest BCUT2D eigenvalue weighted by Gasteiger charge is -2.24. The van der Waals surface area contributed by atoms with Crippen molar-refractivity contribution in [3.8, 4) is 5.75 Å². The smallest absolute Gasteiger partial charge is 0.256 e. The lowest BCUT2D eigenvalue weighted by molar-refractivity contribution is 0.0941. The number of aromatic nitrogens is 1. The molecular weight excluding hydrogens is 366 g/mol. The van der Waals surface area contributed by atoms with Crippen LogP contribution in [0.3, 0.4) is 0 Å². The Labute approximate surface area is 170 Å². The molecule has 6 heteroatoms. The van der Waals surface area contributed by atoms with Crippen LogP contribution in [-0.4, -0.2) is 35.6 Å². The Hall–Kier alpha value is -3.12. The first-order valence-electron chi connectivity index (χ1n) is 9.85. The Bertz CT molecular complexity index is 965. The summed E-state index contributed by atoms with van der Waals surface area (Å²) in [6.45, 7) is 6.31. The first-order chi connectivity index (χ1) is 14.1. The van der Waals surface area contributed by atoms with Crippen LogP contribution < -0.4 is 10.1 Å². The van der Waals surface area contributed by atoms with Gasteiger partial charge in [-0.1, -0.05) is 53.7 Å². The molecule has 0 unspecified atom stereocenters. The van der Waals surface area contributed by atoms with E-state index in [2.05, 4.69) is 33.6 Å². The van der Waals surface area contributed by atoms with Crippen LogP contribution in [0.2, 0.25) is 0 Å². The lowest BCUT2D eigenvalue weighted by Crippen LogP contribution is -2.36. The zero-order valence-corrected chi connectivity index (χ0v) is 16.7. The number of hydrogen-bond acceptors (Lipinski definition) is 5. The molecule has 0 bridgehead atoms. The van der Waals surface area contributed by atoms with Crippen molar-refractivity contribution < 1.29 is 14.1 Å². The van der Waals surface area contributed by atoms with Gasteiger partial charge in [0.25, 0.3) is 5.91 Å². The second kappa shape index (κ2) is 8.49. The molecule has 2 aromatic carbocycles. The number of aryl methyl sites for hydroxylation is 2. The van der Waals surface area contributed by atoms with E-state index < -0.39 is 0 Å². The molecule has 1 aliphatic rings. The highest BCUT2D eigenvalue weighted by molar-refractivity contribution is 5.96. The fourth-order valence-corrected chi connectivity index (χ4v) is 3.71. The number of carbonyl (C=O) groups is 1. The largest absolute Gasteiger partial charge is 0.484 e. The van der Waals surface area contributed by atoms with Gasteiger partial charge in [0.05, 0.1) is 5.69 Å². The van der Waals surface area contributed by atoms with Gasteiger partial charge < -0.3 is 14.6 Å². The summed E-state index contributed by atoms with van der Waals surface area (Å²) in [5.74, 6) is 1.32. The van der Waals surface area contributed by atoms with Crippen LogP contribution in [-0.2, 0) is 6.54 Å². The van der Waals surface area contributed by atoms with Crippen molar-refractivity contribution in [2.45, 2.75) is 26.5 Å². The second-order valence-corrected chi connectivity index (χ2v) is 7.32. The minimum atomic E-state index is -0.146. The number of rotatable bonds is 5. The summed E-state index contributed by atoms with van der Waals surface area (Å²) in [6.07, 6.45) is -0.0573. The molecule has 2 heterocycles. The van der Waals surface area contributed by atoms with E-state index in [0.29, 0.717) is 23.6 Å². The molecule has 0 radical (unpaired) electrons. The van der Waals surface area contributed by atoms with Crippen molar-refractivity contribution in [2.75, 3.05) is 19.6 Å². The molecule has 0 spiro atoms. The number of ether oxygens (including phenoxy) is 1. The van der Waals surface area contributed by atoms with Crippen molar-refractivity contribution in [3.05, 3.63) is 82.7 Å². The van der Waals surface area contributed by atoms with Gasteiger partial charge in [0.1, 0.15) is 23.2 Å². The molecule has 29 heavy (non-hydrogen) atoms. The molecule has 1 atom stereocenters. The lowest BCUT2D eigenvalue weighted by atomic mass is 10.1. The Morgan fingerprint density at radius 1 is 1.14 bits per heavy atom. The molecule has 1 N–H and O–H groups in total. The van der Waals surface area contributed by atoms with Crippen LogP contribution in [0.15, 0.2) is 59.1 Å². The Balaban J connectivity index is 1.45. The quantitative estimate of drug-likeness (QED) is 0.719. The summed E-state index contributed by atoms with van der Waals surface area (Å²) >= 11 is 0. The molecule has 0 saturated heterocycles. The maximum atomic E-state index is 12.5. The Morgan fingerprint density at radius 3 is 2.66 bits per heavy atom. The third-order valence-corrected chi connectivity index (χ3v) is 5.21. The SMILES string of the molecule is Cc1noc(C)c1C(=O)NCCN1Cc2ccccc2O[C@@H](c2ccccc2)C1. The van der Waals surface area contributed by atoms with Crippen molar-refractivity contribution in [2.24, 2.45) is 0 Å². The maximum absolute atomic E-state index is 12.5. The van der Waals surface area contributed by atoms with E-state index >= 15 is 0 Å². The Morgan fingerprint density at radius 2 is 1.90 bits per heavy atom. The highest BCUT2D eigenvalue weighted by Gasteiger charge is 2.24. The van der Waals surface area contributed by atoms with Gasteiger partial charge in [-0.05, 0) is 25.5 Å². The van der Waals surface area contributed by atoms with E-state index in [4.69, 9.17) is 9.26 Å². The van der Waals surface area contributed by atoms with Gasteiger partial charge in [-0.25, -0.2) is 0 Å². The summed E-state index contributed by atoms with van der Waals surface area (Å²) < 4.78 is 11.4. The zero-order chi connectivity index (χ0) is 20.2. The highest BCUT2D eigenvalue weighted by Crippen LogP contribution is 2.30. The zero-order valence-electron chi connectivity index (χ0n) is 16.7. The van der Waals surface area contributed by atoms with Crippen LogP contribution >= 0.6 is 0 Å². The first-order valence-corrected chi connectivity index (χ1v) is 9.85. The first kappa shape index (κ1) is 19.2. The highest BCUT2D eigenvalue weighted by atomic mass is 16.5. The van der Waals surface area contributed by atoms with Crippen molar-refractivity contribution >= 4 is 5.91 Å². The maximum Gasteiger partial charge on any atom is 0.256 e. The average Bonchev–Trinajstić information content (AvgIpc) is 2.96. The van der Waals surface area contributed by atoms with Crippen LogP contribution in [0.25, 0.3) is 0 Å². The fourth-order valence-electron chi connectivity index (χ4n) is 3.71. The Kier molecular flexibility index (Phi) is 5.62. The van der Waals surface area contributed by atoms with E-state index in [1.165, 1.54) is 0 Å². The van der Waals surface area contributed by atoms with E-state index in [1.54, 1.807) is 13.8 Å². The fraction of sp³-hybridized carbons (Fsp3) is 0.304. The monoisotopic (exact) mass is 391 g/mol. The molecule has 1 aliphatic heterocycles. The molecule has 0 saturated carbocycles. The number of nitrogens with zero attached hydrogens (tertiary/aromatic N) is 2. The molecule has 6 nitrogen and oxygen atoms in total. The predicted octanol–water partition coefficient (Wildman–Crippen LogP) is 3.66. The second-order valence-electron chi connectivity index (χ2n) is 7.32. The van der Waals surface area contributed by atoms with Crippen LogP contribution in [0.5, 0.6) is 5.75 Å². The van der Waals surface area contributed by atoms with Crippen LogP contribution in [0.1, 0.15) is 39.0 Å². The molecule has 1 amide bonds. The number of nitrogens with one attached hydrogen (secondary N) is 1. The number of carbonyl (C=O) groups excluding carboxylic acids is 1. The number of amides is 1. The van der Waals surface area contributed by atoms with E-state index in [-0.39, 0.29) is 12.0 Å². The molecule has 150 valence electrons. The molecule has 1 aromatic heterocycles. The minimum absolute atomic E-state index is 0.0573. The number of para-hydroxylation sites is 1. The van der Waals surface area contributed by atoms with Gasteiger partial charge in [-0.2, -0.15) is 0 Å². The van der Waals surface area contributed by atoms with Crippen molar-refractivity contribution in [1.29, 1.82) is 0 Å². The van der Waals surface area contributed by atoms with Crippen LogP contribution in [0.4, 0.5) is 0 Å². The third kappa shape index (κ3) is 4.32. The molecule has 3 aromatic rings. The summed E-state index contributed by atoms with van der Waals surface area (Å²) in [5, 5.41) is 6.84. The average molecular weight is 391 g/mol. The van der Waals surface area contributed by atoms with Crippen molar-refractivity contribution in [3.63, 3.8) is 0 Å². The molecule has 4 rings (SSSR count). The number of fused-ring (bicyclic) bond motifs is 1. The molecular formula is C23H25N3O3. The summed E-state index contributed by atoms with van der Waals surface area (Å²) in [4.78, 5) is 14.8. The van der Waals surface area contributed by atoms with Crippen LogP contribution in [0, 0.1) is 13.8 Å². The predicted molar refractivity (Wildman–Crippen MR) is 110 cm³/mol. The molecule has 0 aliphatic carbocycles. The van der Waals surface area contributed by atoms with Gasteiger partial charge in [-0.15, -0.1) is 0 Å². The van der Waals surface area contributed by atoms with Gasteiger partial charge in [0.15, 0.2) is 0 Å². The van der Waals surface area contributed by atoms with Gasteiger partial charge in [0.2, 0.25) is 0 Å². The standard InChI is InChI=1S/C23H25N3O3/c1-16-22(17(2)29-25-16)23(27)24-12-13-26-14-19-10-6-7-11-20(19)28-21(15-26)18-8-4-3-5-9-18/h3-11,21H,12-15H2,1-2H3,(H,24,27)/t21-/m1/s1. The molecule has 0 fully saturated rings. The summed E-state index contributed by atoms with van der Waals surface area (Å²) in [7, 11) is 0. The summed E-state index contributed by atoms with van der Waals surface area (Å²) in [5.41, 5.74) is 3.44. The van der Waals surface area contributed by atoms with E-state index in [1.807, 2.05) is 36.4 Å². The third-order valence-electron chi connectivity index (χ3n) is 5.21. The van der Waals surface area contributed by atoms with Gasteiger partial charge in [-0.3, -0.25) is 9.69 Å². The van der Waals surface area contributed by atoms with E-state index in [0.717, 1.165) is 36.5 Å². The topological polar surface area (TPSA) is 67.6 Å². The normalized spacial score (nSPS) is 16.6. The van der Waals surface area contributed by atoms with Gasteiger partial charge in [0, 0.05) is 31.7 Å². The van der Waals surface area contributed by atoms with Crippen molar-refractivity contribution in [1.82, 2.24) is 15.4 Å². The van der Waals surface area contributed by atoms with E-state index in [9.17, 15) is 4.79 Å². The number of hydrogen-bond donors (Lipinski definition) is 1. The minimum Gasteiger partial charge on any atom is -0.484 e. The summed E-state index contributed by atoms with van der Waals surface area (Å²) in [6, 6.07) is 18.4. The van der Waals surface area contributed by atoms with Gasteiger partial charge >= 0.3 is 0 Å². The number of benzene rings is 2.